The predicted molar refractivity (Wildman–Crippen MR) is 78.8 cm³/mol. The van der Waals surface area contributed by atoms with Gasteiger partial charge < -0.3 is 5.73 Å². The fraction of sp³-hybridized carbons (Fsp3) is 0.636. The summed E-state index contributed by atoms with van der Waals surface area (Å²) in [6.45, 7) is 6.23. The van der Waals surface area contributed by atoms with Crippen LogP contribution in [0.5, 0.6) is 0 Å². The van der Waals surface area contributed by atoms with Crippen molar-refractivity contribution in [2.75, 3.05) is 6.54 Å². The molecule has 0 aliphatic carbocycles. The zero-order chi connectivity index (χ0) is 13.1. The van der Waals surface area contributed by atoms with Crippen molar-refractivity contribution in [2.24, 2.45) is 11.7 Å². The molecule has 3 N–H and O–H groups in total. The normalized spacial score (nSPS) is 15.2. The summed E-state index contributed by atoms with van der Waals surface area (Å²) < 4.78 is 27.2. The molecule has 0 spiro atoms. The van der Waals surface area contributed by atoms with Gasteiger partial charge in [-0.3, -0.25) is 0 Å². The maximum Gasteiger partial charge on any atom is 0.250 e. The van der Waals surface area contributed by atoms with Crippen molar-refractivity contribution in [2.45, 2.75) is 36.9 Å². The average Bonchev–Trinajstić information content (AvgIpc) is 2.68. The molecule has 1 aromatic heterocycles. The summed E-state index contributed by atoms with van der Waals surface area (Å²) in [5.41, 5.74) is 5.11. The highest BCUT2D eigenvalue weighted by Gasteiger charge is 2.30. The number of thiophene rings is 1. The van der Waals surface area contributed by atoms with Crippen LogP contribution < -0.4 is 10.5 Å². The predicted octanol–water partition coefficient (Wildman–Crippen LogP) is 2.21. The number of sulfonamides is 1. The highest BCUT2D eigenvalue weighted by molar-refractivity contribution is 7.91. The molecule has 0 aliphatic heterocycles. The molecule has 0 fully saturated rings. The van der Waals surface area contributed by atoms with Gasteiger partial charge in [-0.2, -0.15) is 0 Å². The first-order chi connectivity index (χ1) is 7.79. The second-order valence-corrected chi connectivity index (χ2v) is 7.76. The monoisotopic (exact) mass is 312 g/mol. The maximum absolute atomic E-state index is 12.1. The van der Waals surface area contributed by atoms with E-state index in [0.717, 1.165) is 0 Å². The van der Waals surface area contributed by atoms with Gasteiger partial charge in [0.05, 0.1) is 0 Å². The van der Waals surface area contributed by atoms with Crippen LogP contribution in [0.4, 0.5) is 0 Å². The number of hydrogen-bond acceptors (Lipinski definition) is 4. The second kappa shape index (κ2) is 6.86. The summed E-state index contributed by atoms with van der Waals surface area (Å²) in [6.07, 6.45) is 0.716. The Kier molecular flexibility index (Phi) is 6.81. The summed E-state index contributed by atoms with van der Waals surface area (Å²) in [6, 6.07) is 3.32. The molecular formula is C11H21ClN2O2S2. The topological polar surface area (TPSA) is 72.2 Å². The Morgan fingerprint density at radius 3 is 2.50 bits per heavy atom. The van der Waals surface area contributed by atoms with Crippen LogP contribution in [0.1, 0.15) is 27.2 Å². The van der Waals surface area contributed by atoms with Gasteiger partial charge in [-0.25, -0.2) is 13.1 Å². The molecule has 4 nitrogen and oxygen atoms in total. The van der Waals surface area contributed by atoms with Gasteiger partial charge in [0.1, 0.15) is 4.21 Å². The van der Waals surface area contributed by atoms with Gasteiger partial charge in [-0.15, -0.1) is 23.7 Å². The number of nitrogens with one attached hydrogen (secondary N) is 1. The first-order valence-corrected chi connectivity index (χ1v) is 7.93. The van der Waals surface area contributed by atoms with Crippen molar-refractivity contribution in [3.05, 3.63) is 17.5 Å². The third kappa shape index (κ3) is 4.85. The molecule has 1 atom stereocenters. The van der Waals surface area contributed by atoms with Crippen molar-refractivity contribution in [3.63, 3.8) is 0 Å². The van der Waals surface area contributed by atoms with Crippen molar-refractivity contribution < 1.29 is 8.42 Å². The largest absolute Gasteiger partial charge is 0.329 e. The molecule has 0 radical (unpaired) electrons. The summed E-state index contributed by atoms with van der Waals surface area (Å²) >= 11 is 1.21. The molecule has 0 aromatic carbocycles. The molecule has 1 aromatic rings. The Bertz CT molecular complexity index is 446. The molecule has 0 amide bonds. The molecule has 106 valence electrons. The molecule has 0 saturated carbocycles. The highest BCUT2D eigenvalue weighted by atomic mass is 35.5. The Morgan fingerprint density at radius 1 is 1.50 bits per heavy atom. The molecule has 7 heteroatoms. The van der Waals surface area contributed by atoms with E-state index in [9.17, 15) is 8.42 Å². The Balaban J connectivity index is 0.00000289. The summed E-state index contributed by atoms with van der Waals surface area (Å²) in [7, 11) is -3.44. The van der Waals surface area contributed by atoms with E-state index in [1.807, 2.05) is 20.8 Å². The quantitative estimate of drug-likeness (QED) is 0.846. The van der Waals surface area contributed by atoms with Gasteiger partial charge in [0.15, 0.2) is 0 Å². The number of nitrogens with two attached hydrogens (primary N) is 1. The molecule has 0 aliphatic rings. The number of halogens is 1. The lowest BCUT2D eigenvalue weighted by Gasteiger charge is -2.30. The second-order valence-electron chi connectivity index (χ2n) is 4.90. The number of rotatable bonds is 6. The van der Waals surface area contributed by atoms with E-state index in [2.05, 4.69) is 4.72 Å². The van der Waals surface area contributed by atoms with Crippen LogP contribution in [0.15, 0.2) is 21.7 Å². The fourth-order valence-electron chi connectivity index (χ4n) is 1.86. The lowest BCUT2D eigenvalue weighted by Crippen LogP contribution is -2.51. The van der Waals surface area contributed by atoms with Crippen LogP contribution in [0.25, 0.3) is 0 Å². The van der Waals surface area contributed by atoms with Crippen molar-refractivity contribution in [1.82, 2.24) is 4.72 Å². The van der Waals surface area contributed by atoms with E-state index < -0.39 is 15.6 Å². The summed E-state index contributed by atoms with van der Waals surface area (Å²) in [4.78, 5) is 0. The van der Waals surface area contributed by atoms with Gasteiger partial charge in [-0.1, -0.05) is 19.9 Å². The smallest absolute Gasteiger partial charge is 0.250 e. The third-order valence-corrected chi connectivity index (χ3v) is 5.49. The molecule has 18 heavy (non-hydrogen) atoms. The van der Waals surface area contributed by atoms with Crippen molar-refractivity contribution in [1.29, 1.82) is 0 Å². The van der Waals surface area contributed by atoms with Gasteiger partial charge >= 0.3 is 0 Å². The minimum absolute atomic E-state index is 0. The third-order valence-electron chi connectivity index (χ3n) is 2.45. The van der Waals surface area contributed by atoms with E-state index in [4.69, 9.17) is 5.73 Å². The van der Waals surface area contributed by atoms with E-state index in [1.165, 1.54) is 11.3 Å². The Hall–Kier alpha value is -0.140. The minimum atomic E-state index is -3.44. The van der Waals surface area contributed by atoms with E-state index >= 15 is 0 Å². The van der Waals surface area contributed by atoms with Gasteiger partial charge in [0.25, 0.3) is 10.0 Å². The standard InChI is InChI=1S/C11H20N2O2S2.ClH/c1-9(2)7-11(3,8-12)13-17(14,15)10-5-4-6-16-10;/h4-6,9,13H,7-8,12H2,1-3H3;1H. The highest BCUT2D eigenvalue weighted by Crippen LogP contribution is 2.21. The van der Waals surface area contributed by atoms with E-state index in [0.29, 0.717) is 16.5 Å². The van der Waals surface area contributed by atoms with Crippen LogP contribution in [0.3, 0.4) is 0 Å². The fourth-order valence-corrected chi connectivity index (χ4v) is 4.28. The minimum Gasteiger partial charge on any atom is -0.329 e. The van der Waals surface area contributed by atoms with Crippen molar-refractivity contribution in [3.8, 4) is 0 Å². The first kappa shape index (κ1) is 17.9. The molecular weight excluding hydrogens is 292 g/mol. The average molecular weight is 313 g/mol. The van der Waals surface area contributed by atoms with Crippen LogP contribution in [-0.4, -0.2) is 20.5 Å². The Morgan fingerprint density at radius 2 is 2.11 bits per heavy atom. The van der Waals surface area contributed by atoms with Gasteiger partial charge in [-0.05, 0) is 30.7 Å². The number of hydrogen-bond donors (Lipinski definition) is 2. The van der Waals surface area contributed by atoms with E-state index in [1.54, 1.807) is 17.5 Å². The molecule has 0 saturated heterocycles. The van der Waals surface area contributed by atoms with Gasteiger partial charge in [0, 0.05) is 12.1 Å². The van der Waals surface area contributed by atoms with Gasteiger partial charge in [0.2, 0.25) is 0 Å². The lowest BCUT2D eigenvalue weighted by molar-refractivity contribution is 0.345. The first-order valence-electron chi connectivity index (χ1n) is 5.57. The SMILES string of the molecule is CC(C)CC(C)(CN)NS(=O)(=O)c1cccs1.Cl. The molecule has 1 heterocycles. The zero-order valence-electron chi connectivity index (χ0n) is 10.8. The van der Waals surface area contributed by atoms with Crippen molar-refractivity contribution >= 4 is 33.8 Å². The summed E-state index contributed by atoms with van der Waals surface area (Å²) in [5.74, 6) is 0.384. The maximum atomic E-state index is 12.1. The summed E-state index contributed by atoms with van der Waals surface area (Å²) in [5, 5.41) is 1.75. The van der Waals surface area contributed by atoms with Crippen LogP contribution in [0, 0.1) is 5.92 Å². The zero-order valence-corrected chi connectivity index (χ0v) is 13.3. The Labute approximate surface area is 119 Å². The lowest BCUT2D eigenvalue weighted by atomic mass is 9.92. The molecule has 1 unspecified atom stereocenters. The molecule has 1 rings (SSSR count). The van der Waals surface area contributed by atoms with Crippen LogP contribution in [-0.2, 0) is 10.0 Å². The van der Waals surface area contributed by atoms with Crippen LogP contribution in [0.2, 0.25) is 0 Å². The van der Waals surface area contributed by atoms with Crippen LogP contribution >= 0.6 is 23.7 Å². The molecule has 0 bridgehead atoms. The van der Waals surface area contributed by atoms with E-state index in [-0.39, 0.29) is 19.0 Å².